The van der Waals surface area contributed by atoms with E-state index >= 15 is 0 Å². The van der Waals surface area contributed by atoms with Crippen molar-refractivity contribution >= 4 is 17.3 Å². The minimum Gasteiger partial charge on any atom is -0.477 e. The van der Waals surface area contributed by atoms with Crippen LogP contribution in [0.3, 0.4) is 0 Å². The van der Waals surface area contributed by atoms with Crippen LogP contribution in [-0.2, 0) is 0 Å². The number of nitro groups is 1. The summed E-state index contributed by atoms with van der Waals surface area (Å²) < 4.78 is 0. The number of nitrogens with one attached hydrogen (secondary N) is 1. The van der Waals surface area contributed by atoms with Gasteiger partial charge in [0, 0.05) is 6.54 Å². The first kappa shape index (κ1) is 12.3. The largest absolute Gasteiger partial charge is 0.477 e. The fraction of sp³-hybridized carbons (Fsp3) is 0.417. The van der Waals surface area contributed by atoms with Crippen LogP contribution in [0.15, 0.2) is 18.2 Å². The molecular weight excluding hydrogens is 236 g/mol. The van der Waals surface area contributed by atoms with Crippen molar-refractivity contribution in [2.75, 3.05) is 11.9 Å². The number of hydrogen-bond donors (Lipinski definition) is 2. The van der Waals surface area contributed by atoms with Gasteiger partial charge in [-0.25, -0.2) is 4.79 Å². The van der Waals surface area contributed by atoms with Crippen LogP contribution in [0.25, 0.3) is 0 Å². The molecule has 2 N–H and O–H groups in total. The molecule has 18 heavy (non-hydrogen) atoms. The van der Waals surface area contributed by atoms with E-state index in [0.717, 1.165) is 12.8 Å². The lowest BCUT2D eigenvalue weighted by Gasteiger charge is -2.25. The van der Waals surface area contributed by atoms with E-state index in [2.05, 4.69) is 5.32 Å². The Morgan fingerprint density at radius 2 is 2.22 bits per heavy atom. The number of aromatic carboxylic acids is 1. The molecule has 0 atom stereocenters. The molecule has 0 amide bonds. The van der Waals surface area contributed by atoms with Crippen molar-refractivity contribution in [3.63, 3.8) is 0 Å². The molecule has 0 bridgehead atoms. The number of carbonyl (C=O) groups is 1. The van der Waals surface area contributed by atoms with Gasteiger partial charge >= 0.3 is 11.7 Å². The van der Waals surface area contributed by atoms with E-state index in [1.165, 1.54) is 18.6 Å². The first-order valence-electron chi connectivity index (χ1n) is 5.84. The Bertz CT molecular complexity index is 483. The second-order valence-electron chi connectivity index (χ2n) is 4.44. The van der Waals surface area contributed by atoms with E-state index in [-0.39, 0.29) is 16.9 Å². The van der Waals surface area contributed by atoms with Crippen molar-refractivity contribution in [2.45, 2.75) is 19.3 Å². The molecule has 0 spiro atoms. The first-order valence-corrected chi connectivity index (χ1v) is 5.84. The van der Waals surface area contributed by atoms with Crippen molar-refractivity contribution < 1.29 is 14.8 Å². The average molecular weight is 250 g/mol. The summed E-state index contributed by atoms with van der Waals surface area (Å²) in [7, 11) is 0. The van der Waals surface area contributed by atoms with Crippen LogP contribution in [0.1, 0.15) is 29.6 Å². The third-order valence-electron chi connectivity index (χ3n) is 3.25. The summed E-state index contributed by atoms with van der Waals surface area (Å²) in [6.07, 6.45) is 3.45. The van der Waals surface area contributed by atoms with E-state index < -0.39 is 10.9 Å². The van der Waals surface area contributed by atoms with Gasteiger partial charge < -0.3 is 10.4 Å². The highest BCUT2D eigenvalue weighted by Gasteiger charge is 2.25. The zero-order valence-corrected chi connectivity index (χ0v) is 9.76. The molecule has 0 aromatic heterocycles. The molecule has 0 unspecified atom stereocenters. The Hall–Kier alpha value is -2.11. The van der Waals surface area contributed by atoms with E-state index in [4.69, 9.17) is 5.11 Å². The summed E-state index contributed by atoms with van der Waals surface area (Å²) in [5, 5.41) is 22.9. The Morgan fingerprint density at radius 3 is 2.72 bits per heavy atom. The summed E-state index contributed by atoms with van der Waals surface area (Å²) in [6.45, 7) is 0.657. The number of nitrogens with zero attached hydrogens (tertiary/aromatic N) is 1. The molecule has 0 aliphatic heterocycles. The summed E-state index contributed by atoms with van der Waals surface area (Å²) in [5.41, 5.74) is -0.352. The summed E-state index contributed by atoms with van der Waals surface area (Å²) in [4.78, 5) is 21.3. The number of nitro benzene ring substituents is 1. The van der Waals surface area contributed by atoms with Gasteiger partial charge in [0.25, 0.3) is 0 Å². The summed E-state index contributed by atoms with van der Waals surface area (Å²) >= 11 is 0. The van der Waals surface area contributed by atoms with Gasteiger partial charge in [0.2, 0.25) is 0 Å². The van der Waals surface area contributed by atoms with Gasteiger partial charge in [-0.05, 0) is 30.9 Å². The maximum absolute atomic E-state index is 11.0. The lowest BCUT2D eigenvalue weighted by molar-refractivity contribution is -0.384. The molecule has 6 heteroatoms. The lowest BCUT2D eigenvalue weighted by Crippen LogP contribution is -2.21. The van der Waals surface area contributed by atoms with E-state index in [1.807, 2.05) is 0 Å². The van der Waals surface area contributed by atoms with Gasteiger partial charge in [0.15, 0.2) is 0 Å². The molecule has 1 fully saturated rings. The van der Waals surface area contributed by atoms with Crippen LogP contribution < -0.4 is 5.32 Å². The fourth-order valence-corrected chi connectivity index (χ4v) is 2.01. The van der Waals surface area contributed by atoms with Crippen LogP contribution in [0.2, 0.25) is 0 Å². The van der Waals surface area contributed by atoms with Crippen molar-refractivity contribution in [3.8, 4) is 0 Å². The number of para-hydroxylation sites is 1. The second-order valence-corrected chi connectivity index (χ2v) is 4.44. The van der Waals surface area contributed by atoms with Gasteiger partial charge in [-0.15, -0.1) is 0 Å². The highest BCUT2D eigenvalue weighted by Crippen LogP contribution is 2.31. The molecule has 0 radical (unpaired) electrons. The van der Waals surface area contributed by atoms with Crippen molar-refractivity contribution in [3.05, 3.63) is 33.9 Å². The molecule has 6 nitrogen and oxygen atoms in total. The highest BCUT2D eigenvalue weighted by molar-refractivity contribution is 5.95. The van der Waals surface area contributed by atoms with Crippen molar-refractivity contribution in [1.29, 1.82) is 0 Å². The van der Waals surface area contributed by atoms with Crippen LogP contribution in [0, 0.1) is 16.0 Å². The van der Waals surface area contributed by atoms with Gasteiger partial charge in [-0.3, -0.25) is 10.1 Å². The maximum atomic E-state index is 11.0. The highest BCUT2D eigenvalue weighted by atomic mass is 16.6. The third kappa shape index (κ3) is 2.42. The first-order chi connectivity index (χ1) is 8.59. The van der Waals surface area contributed by atoms with Gasteiger partial charge in [0.1, 0.15) is 11.3 Å². The van der Waals surface area contributed by atoms with Crippen LogP contribution in [0.4, 0.5) is 11.4 Å². The van der Waals surface area contributed by atoms with Crippen LogP contribution in [0.5, 0.6) is 0 Å². The zero-order chi connectivity index (χ0) is 13.1. The zero-order valence-electron chi connectivity index (χ0n) is 9.76. The summed E-state index contributed by atoms with van der Waals surface area (Å²) in [5.74, 6) is -0.743. The Labute approximate surface area is 104 Å². The van der Waals surface area contributed by atoms with E-state index in [1.54, 1.807) is 6.07 Å². The Balaban J connectivity index is 2.24. The predicted octanol–water partition coefficient (Wildman–Crippen LogP) is 2.51. The molecule has 0 saturated heterocycles. The minimum absolute atomic E-state index is 0.279. The number of hydrogen-bond acceptors (Lipinski definition) is 4. The second kappa shape index (κ2) is 5.03. The smallest absolute Gasteiger partial charge is 0.342 e. The molecule has 1 aliphatic carbocycles. The number of anilines is 1. The van der Waals surface area contributed by atoms with Gasteiger partial charge in [-0.2, -0.15) is 0 Å². The van der Waals surface area contributed by atoms with Gasteiger partial charge in [0.05, 0.1) is 4.92 Å². The SMILES string of the molecule is O=C(O)c1cccc(NCC2CCC2)c1[N+](=O)[O-]. The molecule has 1 aliphatic rings. The normalized spacial score (nSPS) is 14.9. The number of carboxylic acids is 1. The van der Waals surface area contributed by atoms with Crippen molar-refractivity contribution in [2.24, 2.45) is 5.92 Å². The molecule has 0 heterocycles. The Kier molecular flexibility index (Phi) is 3.45. The fourth-order valence-electron chi connectivity index (χ4n) is 2.01. The maximum Gasteiger partial charge on any atom is 0.342 e. The minimum atomic E-state index is -1.28. The third-order valence-corrected chi connectivity index (χ3v) is 3.25. The molecule has 2 rings (SSSR count). The van der Waals surface area contributed by atoms with E-state index in [9.17, 15) is 14.9 Å². The predicted molar refractivity (Wildman–Crippen MR) is 65.9 cm³/mol. The van der Waals surface area contributed by atoms with Crippen LogP contribution >= 0.6 is 0 Å². The van der Waals surface area contributed by atoms with Crippen molar-refractivity contribution in [1.82, 2.24) is 0 Å². The summed E-state index contributed by atoms with van der Waals surface area (Å²) in [6, 6.07) is 4.30. The van der Waals surface area contributed by atoms with Gasteiger partial charge in [-0.1, -0.05) is 12.5 Å². The number of benzene rings is 1. The van der Waals surface area contributed by atoms with Crippen LogP contribution in [-0.4, -0.2) is 22.5 Å². The average Bonchev–Trinajstić information content (AvgIpc) is 2.26. The lowest BCUT2D eigenvalue weighted by atomic mass is 9.85. The monoisotopic (exact) mass is 250 g/mol. The quantitative estimate of drug-likeness (QED) is 0.618. The topological polar surface area (TPSA) is 92.5 Å². The molecule has 96 valence electrons. The number of rotatable bonds is 5. The molecule has 1 aromatic carbocycles. The van der Waals surface area contributed by atoms with E-state index in [0.29, 0.717) is 12.5 Å². The molecule has 1 aromatic rings. The molecular formula is C12H14N2O4. The standard InChI is InChI=1S/C12H14N2O4/c15-12(16)9-5-2-6-10(11(9)14(17)18)13-7-8-3-1-4-8/h2,5-6,8,13H,1,3-4,7H2,(H,15,16). The Morgan fingerprint density at radius 1 is 1.50 bits per heavy atom. The molecule has 1 saturated carbocycles. The number of carboxylic acid groups (broad SMARTS) is 1.